The molecule has 1 saturated heterocycles. The smallest absolute Gasteiger partial charge is 0.437 e. The molecular weight excluding hydrogens is 394 g/mol. The third-order valence-corrected chi connectivity index (χ3v) is 4.76. The average molecular weight is 421 g/mol. The Kier molecular flexibility index (Phi) is 8.22. The number of ether oxygens (including phenoxy) is 2. The molecule has 0 radical (unpaired) electrons. The summed E-state index contributed by atoms with van der Waals surface area (Å²) in [5, 5.41) is 0. The number of rotatable bonds is 6. The van der Waals surface area contributed by atoms with Crippen molar-refractivity contribution in [1.82, 2.24) is 9.80 Å². The van der Waals surface area contributed by atoms with Crippen LogP contribution in [0, 0.1) is 0 Å². The minimum Gasteiger partial charge on any atom is -0.444 e. The van der Waals surface area contributed by atoms with Gasteiger partial charge in [0.1, 0.15) is 13.2 Å². The second kappa shape index (κ2) is 11.5. The monoisotopic (exact) mass is 421 g/mol. The lowest BCUT2D eigenvalue weighted by atomic mass is 10.2. The number of nitrogens with zero attached hydrogens (tertiary/aromatic N) is 3. The molecule has 0 aromatic heterocycles. The first-order chi connectivity index (χ1) is 15.2. The Hall–Kier alpha value is -3.61. The second-order valence-electron chi connectivity index (χ2n) is 7.09. The lowest BCUT2D eigenvalue weighted by molar-refractivity contribution is 0.115. The van der Waals surface area contributed by atoms with E-state index in [1.54, 1.807) is 6.08 Å². The third kappa shape index (κ3) is 6.70. The van der Waals surface area contributed by atoms with Crippen molar-refractivity contribution in [1.29, 1.82) is 0 Å². The number of hydrogen-bond acceptors (Lipinski definition) is 4. The summed E-state index contributed by atoms with van der Waals surface area (Å²) in [6.07, 6.45) is 2.14. The molecule has 0 aliphatic carbocycles. The highest BCUT2D eigenvalue weighted by molar-refractivity contribution is 5.99. The third-order valence-electron chi connectivity index (χ3n) is 4.76. The summed E-state index contributed by atoms with van der Waals surface area (Å²) < 4.78 is 10.8. The molecule has 2 amide bonds. The highest BCUT2D eigenvalue weighted by atomic mass is 16.6. The Bertz CT molecular complexity index is 894. The van der Waals surface area contributed by atoms with E-state index in [1.165, 1.54) is 4.90 Å². The molecule has 0 N–H and O–H groups in total. The largest absolute Gasteiger partial charge is 0.444 e. The normalized spacial score (nSPS) is 13.5. The zero-order valence-electron chi connectivity index (χ0n) is 17.5. The molecule has 0 saturated carbocycles. The van der Waals surface area contributed by atoms with Crippen molar-refractivity contribution in [2.75, 3.05) is 19.6 Å². The molecule has 1 aliphatic rings. The Labute approximate surface area is 182 Å². The molecule has 0 bridgehead atoms. The van der Waals surface area contributed by atoms with Crippen molar-refractivity contribution < 1.29 is 19.1 Å². The summed E-state index contributed by atoms with van der Waals surface area (Å²) in [7, 11) is 0. The van der Waals surface area contributed by atoms with E-state index in [-0.39, 0.29) is 25.7 Å². The number of likely N-dealkylation sites (tertiary alicyclic amines) is 1. The van der Waals surface area contributed by atoms with Gasteiger partial charge in [0.2, 0.25) is 5.96 Å². The topological polar surface area (TPSA) is 71.4 Å². The Morgan fingerprint density at radius 3 is 2.03 bits per heavy atom. The zero-order chi connectivity index (χ0) is 21.9. The summed E-state index contributed by atoms with van der Waals surface area (Å²) in [5.74, 6) is 0.230. The van der Waals surface area contributed by atoms with Crippen molar-refractivity contribution in [2.45, 2.75) is 26.1 Å². The molecule has 1 heterocycles. The number of carbonyl (C=O) groups excluding carboxylic acids is 2. The Morgan fingerprint density at radius 1 is 0.935 bits per heavy atom. The van der Waals surface area contributed by atoms with Crippen LogP contribution in [0.4, 0.5) is 9.59 Å². The van der Waals surface area contributed by atoms with Gasteiger partial charge >= 0.3 is 12.2 Å². The van der Waals surface area contributed by atoms with Crippen LogP contribution in [0.15, 0.2) is 78.3 Å². The Morgan fingerprint density at radius 2 is 1.48 bits per heavy atom. The molecule has 3 rings (SSSR count). The van der Waals surface area contributed by atoms with E-state index in [2.05, 4.69) is 11.6 Å². The van der Waals surface area contributed by atoms with Gasteiger partial charge in [-0.25, -0.2) is 14.5 Å². The molecular formula is C24H27N3O4. The fourth-order valence-corrected chi connectivity index (χ4v) is 3.22. The molecule has 1 aliphatic heterocycles. The van der Waals surface area contributed by atoms with E-state index in [4.69, 9.17) is 9.47 Å². The molecule has 7 nitrogen and oxygen atoms in total. The maximum atomic E-state index is 12.9. The highest BCUT2D eigenvalue weighted by Crippen LogP contribution is 2.14. The van der Waals surface area contributed by atoms with Crippen LogP contribution in [0.1, 0.15) is 24.0 Å². The van der Waals surface area contributed by atoms with Crippen molar-refractivity contribution >= 4 is 18.1 Å². The molecule has 31 heavy (non-hydrogen) atoms. The first-order valence-electron chi connectivity index (χ1n) is 10.3. The lowest BCUT2D eigenvalue weighted by Gasteiger charge is -2.28. The average Bonchev–Trinajstić information content (AvgIpc) is 3.34. The Balaban J connectivity index is 1.73. The molecule has 0 unspecified atom stereocenters. The van der Waals surface area contributed by atoms with Gasteiger partial charge in [-0.1, -0.05) is 66.7 Å². The van der Waals surface area contributed by atoms with Crippen molar-refractivity contribution in [3.8, 4) is 0 Å². The first-order valence-corrected chi connectivity index (χ1v) is 10.3. The van der Waals surface area contributed by atoms with E-state index in [0.29, 0.717) is 13.1 Å². The summed E-state index contributed by atoms with van der Waals surface area (Å²) in [4.78, 5) is 32.7. The molecule has 1 fully saturated rings. The van der Waals surface area contributed by atoms with E-state index in [9.17, 15) is 9.59 Å². The van der Waals surface area contributed by atoms with E-state index >= 15 is 0 Å². The number of hydrogen-bond donors (Lipinski definition) is 0. The molecule has 7 heteroatoms. The van der Waals surface area contributed by atoms with Crippen LogP contribution >= 0.6 is 0 Å². The van der Waals surface area contributed by atoms with E-state index in [1.807, 2.05) is 65.6 Å². The predicted molar refractivity (Wildman–Crippen MR) is 118 cm³/mol. The van der Waals surface area contributed by atoms with Crippen molar-refractivity contribution in [3.63, 3.8) is 0 Å². The number of carbonyl (C=O) groups is 2. The fourth-order valence-electron chi connectivity index (χ4n) is 3.22. The summed E-state index contributed by atoms with van der Waals surface area (Å²) >= 11 is 0. The van der Waals surface area contributed by atoms with Gasteiger partial charge in [-0.2, -0.15) is 0 Å². The molecule has 0 atom stereocenters. The standard InChI is InChI=1S/C24H27N3O4/c1-2-15-27(24(29)31-19-21-13-7-4-8-14-21)22(26-16-9-10-17-26)25-23(28)30-18-20-11-5-3-6-12-20/h2-8,11-14H,1,9-10,15-19H2/b25-22+. The maximum Gasteiger partial charge on any atom is 0.437 e. The lowest BCUT2D eigenvalue weighted by Crippen LogP contribution is -2.47. The van der Waals surface area contributed by atoms with Gasteiger partial charge in [0.15, 0.2) is 0 Å². The fraction of sp³-hybridized carbons (Fsp3) is 0.292. The summed E-state index contributed by atoms with van der Waals surface area (Å²) in [6.45, 7) is 5.52. The summed E-state index contributed by atoms with van der Waals surface area (Å²) in [5.41, 5.74) is 1.73. The number of benzene rings is 2. The second-order valence-corrected chi connectivity index (χ2v) is 7.09. The van der Waals surface area contributed by atoms with E-state index in [0.717, 1.165) is 24.0 Å². The van der Waals surface area contributed by atoms with Crippen molar-refractivity contribution in [3.05, 3.63) is 84.4 Å². The van der Waals surface area contributed by atoms with Crippen LogP contribution in [0.3, 0.4) is 0 Å². The molecule has 0 spiro atoms. The van der Waals surface area contributed by atoms with Gasteiger partial charge < -0.3 is 14.4 Å². The summed E-state index contributed by atoms with van der Waals surface area (Å²) in [6, 6.07) is 18.8. The number of amides is 2. The van der Waals surface area contributed by atoms with Crippen LogP contribution in [-0.2, 0) is 22.7 Å². The SMILES string of the molecule is C=CCN(C(=O)OCc1ccccc1)/C(=N/C(=O)OCc1ccccc1)N1CCCC1. The minimum absolute atomic E-state index is 0.108. The van der Waals surface area contributed by atoms with Crippen LogP contribution < -0.4 is 0 Å². The first kappa shape index (κ1) is 22.1. The highest BCUT2D eigenvalue weighted by Gasteiger charge is 2.28. The van der Waals surface area contributed by atoms with Crippen LogP contribution in [0.25, 0.3) is 0 Å². The molecule has 2 aromatic rings. The van der Waals surface area contributed by atoms with Crippen LogP contribution in [0.5, 0.6) is 0 Å². The maximum absolute atomic E-state index is 12.9. The predicted octanol–water partition coefficient (Wildman–Crippen LogP) is 4.60. The number of guanidine groups is 1. The van der Waals surface area contributed by atoms with Crippen LogP contribution in [-0.4, -0.2) is 47.6 Å². The van der Waals surface area contributed by atoms with Gasteiger partial charge in [0, 0.05) is 19.6 Å². The van der Waals surface area contributed by atoms with Crippen LogP contribution in [0.2, 0.25) is 0 Å². The zero-order valence-corrected chi connectivity index (χ0v) is 17.5. The number of aliphatic imine (C=N–C) groups is 1. The van der Waals surface area contributed by atoms with Gasteiger partial charge in [-0.3, -0.25) is 0 Å². The van der Waals surface area contributed by atoms with Gasteiger partial charge in [-0.15, -0.1) is 11.6 Å². The van der Waals surface area contributed by atoms with Gasteiger partial charge in [-0.05, 0) is 24.0 Å². The molecule has 162 valence electrons. The van der Waals surface area contributed by atoms with Gasteiger partial charge in [0.05, 0.1) is 0 Å². The van der Waals surface area contributed by atoms with Gasteiger partial charge in [0.25, 0.3) is 0 Å². The quantitative estimate of drug-likeness (QED) is 0.387. The minimum atomic E-state index is -0.754. The molecule has 2 aromatic carbocycles. The van der Waals surface area contributed by atoms with E-state index < -0.39 is 12.2 Å². The van der Waals surface area contributed by atoms with Crippen molar-refractivity contribution in [2.24, 2.45) is 4.99 Å².